The van der Waals surface area contributed by atoms with Gasteiger partial charge in [0.25, 0.3) is 0 Å². The summed E-state index contributed by atoms with van der Waals surface area (Å²) in [5.41, 5.74) is 6.12. The zero-order valence-corrected chi connectivity index (χ0v) is 16.0. The van der Waals surface area contributed by atoms with E-state index >= 15 is 0 Å². The van der Waals surface area contributed by atoms with Gasteiger partial charge in [-0.1, -0.05) is 44.2 Å². The summed E-state index contributed by atoms with van der Waals surface area (Å²) in [6.45, 7) is 5.44. The number of benzene rings is 2. The van der Waals surface area contributed by atoms with E-state index in [2.05, 4.69) is 95.0 Å². The van der Waals surface area contributed by atoms with Crippen LogP contribution in [-0.4, -0.2) is 16.3 Å². The molecule has 0 atom stereocenters. The maximum Gasteiger partial charge on any atom is 0.133 e. The first-order valence-corrected chi connectivity index (χ1v) is 9.44. The maximum absolute atomic E-state index is 5.00. The number of para-hydroxylation sites is 1. The molecule has 1 N–H and O–H groups in total. The van der Waals surface area contributed by atoms with Crippen molar-refractivity contribution in [1.29, 1.82) is 0 Å². The number of fused-ring (bicyclic) bond motifs is 1. The van der Waals surface area contributed by atoms with E-state index in [1.807, 2.05) is 0 Å². The fraction of sp³-hybridized carbons (Fsp3) is 0.250. The van der Waals surface area contributed by atoms with Crippen LogP contribution in [0, 0.1) is 3.57 Å². The first kappa shape index (κ1) is 15.7. The van der Waals surface area contributed by atoms with E-state index in [1.165, 1.54) is 25.9 Å². The minimum Gasteiger partial charge on any atom is -0.369 e. The molecular weight excluding hydrogens is 409 g/mol. The molecule has 122 valence electrons. The molecule has 0 bridgehead atoms. The van der Waals surface area contributed by atoms with Crippen molar-refractivity contribution in [2.75, 3.05) is 11.9 Å². The summed E-state index contributed by atoms with van der Waals surface area (Å²) in [5, 5.41) is 8.53. The van der Waals surface area contributed by atoms with Crippen molar-refractivity contribution in [2.45, 2.75) is 26.2 Å². The number of anilines is 1. The summed E-state index contributed by atoms with van der Waals surface area (Å²) in [7, 11) is 0. The predicted molar refractivity (Wildman–Crippen MR) is 108 cm³/mol. The van der Waals surface area contributed by atoms with Crippen LogP contribution in [0.25, 0.3) is 16.9 Å². The quantitative estimate of drug-likeness (QED) is 0.578. The van der Waals surface area contributed by atoms with Gasteiger partial charge in [-0.2, -0.15) is 5.10 Å². The van der Waals surface area contributed by atoms with Crippen LogP contribution in [0.15, 0.2) is 48.5 Å². The third-order valence-electron chi connectivity index (χ3n) is 4.56. The SMILES string of the molecule is CC(C)c1ccccc1-n1nc(-c2ccc(I)cc2)c2c1NCC2. The number of halogens is 1. The summed E-state index contributed by atoms with van der Waals surface area (Å²) >= 11 is 2.34. The fourth-order valence-corrected chi connectivity index (χ4v) is 3.72. The van der Waals surface area contributed by atoms with Crippen molar-refractivity contribution in [3.05, 3.63) is 63.2 Å². The topological polar surface area (TPSA) is 29.9 Å². The Kier molecular flexibility index (Phi) is 4.08. The molecule has 0 unspecified atom stereocenters. The normalized spacial score (nSPS) is 13.2. The number of hydrogen-bond donors (Lipinski definition) is 1. The van der Waals surface area contributed by atoms with Crippen molar-refractivity contribution in [3.63, 3.8) is 0 Å². The fourth-order valence-electron chi connectivity index (χ4n) is 3.36. The number of nitrogens with zero attached hydrogens (tertiary/aromatic N) is 2. The van der Waals surface area contributed by atoms with Gasteiger partial charge in [0.05, 0.1) is 11.4 Å². The number of hydrogen-bond acceptors (Lipinski definition) is 2. The molecule has 2 heterocycles. The molecule has 0 aliphatic carbocycles. The van der Waals surface area contributed by atoms with Gasteiger partial charge in [0.1, 0.15) is 5.82 Å². The Morgan fingerprint density at radius 3 is 2.58 bits per heavy atom. The van der Waals surface area contributed by atoms with E-state index < -0.39 is 0 Å². The Balaban J connectivity index is 1.90. The second kappa shape index (κ2) is 6.24. The van der Waals surface area contributed by atoms with Crippen molar-refractivity contribution in [1.82, 2.24) is 9.78 Å². The lowest BCUT2D eigenvalue weighted by Crippen LogP contribution is -2.07. The van der Waals surface area contributed by atoms with Crippen molar-refractivity contribution in [2.24, 2.45) is 0 Å². The standard InChI is InChI=1S/C20H20IN3/c1-13(2)16-5-3-4-6-18(16)24-20-17(11-12-22-20)19(23-24)14-7-9-15(21)10-8-14/h3-10,13,22H,11-12H2,1-2H3. The Morgan fingerprint density at radius 1 is 1.08 bits per heavy atom. The summed E-state index contributed by atoms with van der Waals surface area (Å²) in [6, 6.07) is 17.2. The molecular formula is C20H20IN3. The van der Waals surface area contributed by atoms with Crippen molar-refractivity contribution in [3.8, 4) is 16.9 Å². The number of aromatic nitrogens is 2. The van der Waals surface area contributed by atoms with Gasteiger partial charge < -0.3 is 5.32 Å². The van der Waals surface area contributed by atoms with E-state index in [0.29, 0.717) is 5.92 Å². The molecule has 4 rings (SSSR count). The highest BCUT2D eigenvalue weighted by atomic mass is 127. The summed E-state index contributed by atoms with van der Waals surface area (Å²) < 4.78 is 3.35. The highest BCUT2D eigenvalue weighted by molar-refractivity contribution is 14.1. The number of rotatable bonds is 3. The molecule has 1 aliphatic heterocycles. The first-order chi connectivity index (χ1) is 11.6. The summed E-state index contributed by atoms with van der Waals surface area (Å²) in [4.78, 5) is 0. The van der Waals surface area contributed by atoms with Crippen LogP contribution in [0.2, 0.25) is 0 Å². The van der Waals surface area contributed by atoms with E-state index in [9.17, 15) is 0 Å². The Labute approximate surface area is 156 Å². The van der Waals surface area contributed by atoms with Gasteiger partial charge >= 0.3 is 0 Å². The van der Waals surface area contributed by atoms with Crippen LogP contribution in [0.4, 0.5) is 5.82 Å². The molecule has 2 aromatic carbocycles. The molecule has 3 aromatic rings. The van der Waals surface area contributed by atoms with Gasteiger partial charge in [-0.05, 0) is 58.7 Å². The second-order valence-electron chi connectivity index (χ2n) is 6.48. The van der Waals surface area contributed by atoms with Gasteiger partial charge in [-0.25, -0.2) is 4.68 Å². The smallest absolute Gasteiger partial charge is 0.133 e. The molecule has 0 spiro atoms. The lowest BCUT2D eigenvalue weighted by molar-refractivity contribution is 0.812. The lowest BCUT2D eigenvalue weighted by atomic mass is 10.0. The maximum atomic E-state index is 5.00. The zero-order chi connectivity index (χ0) is 16.7. The number of nitrogens with one attached hydrogen (secondary N) is 1. The summed E-state index contributed by atoms with van der Waals surface area (Å²) in [5.74, 6) is 1.61. The molecule has 3 nitrogen and oxygen atoms in total. The van der Waals surface area contributed by atoms with Gasteiger partial charge in [-0.15, -0.1) is 0 Å². The summed E-state index contributed by atoms with van der Waals surface area (Å²) in [6.07, 6.45) is 1.03. The molecule has 1 aliphatic rings. The molecule has 0 saturated heterocycles. The molecule has 0 fully saturated rings. The van der Waals surface area contributed by atoms with Gasteiger partial charge in [0, 0.05) is 21.2 Å². The van der Waals surface area contributed by atoms with E-state index in [0.717, 1.165) is 24.5 Å². The largest absolute Gasteiger partial charge is 0.369 e. The molecule has 0 amide bonds. The molecule has 1 aromatic heterocycles. The molecule has 24 heavy (non-hydrogen) atoms. The first-order valence-electron chi connectivity index (χ1n) is 8.36. The average Bonchev–Trinajstić information content (AvgIpc) is 3.18. The Bertz CT molecular complexity index is 878. The minimum atomic E-state index is 0.462. The highest BCUT2D eigenvalue weighted by Gasteiger charge is 2.25. The zero-order valence-electron chi connectivity index (χ0n) is 13.9. The highest BCUT2D eigenvalue weighted by Crippen LogP contribution is 2.36. The minimum absolute atomic E-state index is 0.462. The Hall–Kier alpha value is -1.82. The van der Waals surface area contributed by atoms with E-state index in [4.69, 9.17) is 5.10 Å². The van der Waals surface area contributed by atoms with Crippen LogP contribution in [0.3, 0.4) is 0 Å². The molecule has 4 heteroatoms. The van der Waals surface area contributed by atoms with Crippen LogP contribution in [0.1, 0.15) is 30.9 Å². The Morgan fingerprint density at radius 2 is 1.83 bits per heavy atom. The van der Waals surface area contributed by atoms with Crippen molar-refractivity contribution >= 4 is 28.4 Å². The van der Waals surface area contributed by atoms with Crippen LogP contribution >= 0.6 is 22.6 Å². The van der Waals surface area contributed by atoms with Crippen LogP contribution in [0.5, 0.6) is 0 Å². The second-order valence-corrected chi connectivity index (χ2v) is 7.73. The van der Waals surface area contributed by atoms with Crippen molar-refractivity contribution < 1.29 is 0 Å². The van der Waals surface area contributed by atoms with Gasteiger partial charge in [0.2, 0.25) is 0 Å². The third-order valence-corrected chi connectivity index (χ3v) is 5.27. The third kappa shape index (κ3) is 2.62. The van der Waals surface area contributed by atoms with Crippen LogP contribution in [-0.2, 0) is 6.42 Å². The average molecular weight is 429 g/mol. The molecule has 0 saturated carbocycles. The van der Waals surface area contributed by atoms with Gasteiger partial charge in [0.15, 0.2) is 0 Å². The van der Waals surface area contributed by atoms with Gasteiger partial charge in [-0.3, -0.25) is 0 Å². The molecule has 0 radical (unpaired) electrons. The van der Waals surface area contributed by atoms with E-state index in [1.54, 1.807) is 0 Å². The predicted octanol–water partition coefficient (Wildman–Crippen LogP) is 5.24. The van der Waals surface area contributed by atoms with Crippen LogP contribution < -0.4 is 5.32 Å². The monoisotopic (exact) mass is 429 g/mol. The lowest BCUT2D eigenvalue weighted by Gasteiger charge is -2.14. The van der Waals surface area contributed by atoms with E-state index in [-0.39, 0.29) is 0 Å².